The van der Waals surface area contributed by atoms with Crippen molar-refractivity contribution in [2.75, 3.05) is 7.11 Å². The first kappa shape index (κ1) is 17.3. The largest absolute Gasteiger partial charge is 0.496 e. The van der Waals surface area contributed by atoms with E-state index in [-0.39, 0.29) is 0 Å². The molecule has 114 valence electrons. The Morgan fingerprint density at radius 2 is 1.95 bits per heavy atom. The summed E-state index contributed by atoms with van der Waals surface area (Å²) in [6, 6.07) is 6.42. The minimum absolute atomic E-state index is 0.401. The highest BCUT2D eigenvalue weighted by molar-refractivity contribution is 5.70. The Hall–Kier alpha value is -1.76. The molecule has 1 nitrogen and oxygen atoms in total. The van der Waals surface area contributed by atoms with Crippen LogP contribution in [0.15, 0.2) is 49.1 Å². The molecule has 2 unspecified atom stereocenters. The predicted molar refractivity (Wildman–Crippen MR) is 93.7 cm³/mol. The fourth-order valence-electron chi connectivity index (χ4n) is 2.57. The molecule has 21 heavy (non-hydrogen) atoms. The van der Waals surface area contributed by atoms with Gasteiger partial charge in [0.25, 0.3) is 0 Å². The molecule has 0 N–H and O–H groups in total. The molecule has 0 aliphatic carbocycles. The van der Waals surface area contributed by atoms with E-state index in [2.05, 4.69) is 65.1 Å². The summed E-state index contributed by atoms with van der Waals surface area (Å²) in [4.78, 5) is 0. The summed E-state index contributed by atoms with van der Waals surface area (Å²) in [5.41, 5.74) is 4.99. The van der Waals surface area contributed by atoms with Crippen molar-refractivity contribution in [3.63, 3.8) is 0 Å². The van der Waals surface area contributed by atoms with Gasteiger partial charge in [-0.15, -0.1) is 0 Å². The molecule has 0 spiro atoms. The molecule has 0 saturated heterocycles. The van der Waals surface area contributed by atoms with Crippen molar-refractivity contribution in [3.8, 4) is 5.75 Å². The number of ether oxygens (including phenoxy) is 1. The van der Waals surface area contributed by atoms with Crippen molar-refractivity contribution in [2.24, 2.45) is 11.8 Å². The van der Waals surface area contributed by atoms with E-state index in [9.17, 15) is 0 Å². The summed E-state index contributed by atoms with van der Waals surface area (Å²) in [7, 11) is 1.72. The van der Waals surface area contributed by atoms with E-state index in [0.29, 0.717) is 11.8 Å². The predicted octanol–water partition coefficient (Wildman–Crippen LogP) is 5.68. The zero-order chi connectivity index (χ0) is 16.0. The van der Waals surface area contributed by atoms with E-state index in [0.717, 1.165) is 12.2 Å². The fraction of sp³-hybridized carbons (Fsp3) is 0.400. The summed E-state index contributed by atoms with van der Waals surface area (Å²) >= 11 is 0. The lowest BCUT2D eigenvalue weighted by atomic mass is 9.81. The molecule has 0 saturated carbocycles. The molecule has 0 bridgehead atoms. The molecular formula is C20H28O. The third kappa shape index (κ3) is 4.10. The second-order valence-corrected chi connectivity index (χ2v) is 5.66. The smallest absolute Gasteiger partial charge is 0.122 e. The van der Waals surface area contributed by atoms with E-state index < -0.39 is 0 Å². The number of allylic oxidation sites excluding steroid dienone is 4. The molecule has 0 amide bonds. The minimum Gasteiger partial charge on any atom is -0.496 e. The molecular weight excluding hydrogens is 256 g/mol. The van der Waals surface area contributed by atoms with Gasteiger partial charge in [-0.05, 0) is 54.0 Å². The standard InChI is InChI=1S/C20H28O/c1-8-10-19(16(6)15(5)14(3)4)18-11-12-20(21-7)17(9-2)13-18/h8,10-13,15-16H,1,3,9H2,2,4-7H3/b19-10+. The van der Waals surface area contributed by atoms with Gasteiger partial charge in [-0.2, -0.15) is 0 Å². The molecule has 1 aromatic carbocycles. The van der Waals surface area contributed by atoms with Gasteiger partial charge in [0, 0.05) is 0 Å². The Balaban J connectivity index is 3.27. The van der Waals surface area contributed by atoms with Crippen LogP contribution in [0.25, 0.3) is 5.57 Å². The van der Waals surface area contributed by atoms with Gasteiger partial charge in [0.15, 0.2) is 0 Å². The van der Waals surface area contributed by atoms with E-state index in [1.807, 2.05) is 6.08 Å². The lowest BCUT2D eigenvalue weighted by molar-refractivity contribution is 0.410. The van der Waals surface area contributed by atoms with Gasteiger partial charge in [0.05, 0.1) is 7.11 Å². The highest BCUT2D eigenvalue weighted by Crippen LogP contribution is 2.34. The lowest BCUT2D eigenvalue weighted by Gasteiger charge is -2.24. The molecule has 0 aliphatic heterocycles. The van der Waals surface area contributed by atoms with Gasteiger partial charge in [-0.25, -0.2) is 0 Å². The van der Waals surface area contributed by atoms with Crippen LogP contribution in [0.1, 0.15) is 38.8 Å². The SMILES string of the molecule is C=C/C=C(/c1ccc(OC)c(CC)c1)C(C)C(C)C(=C)C. The minimum atomic E-state index is 0.401. The summed E-state index contributed by atoms with van der Waals surface area (Å²) in [5.74, 6) is 1.79. The quantitative estimate of drug-likeness (QED) is 0.462. The molecule has 0 aromatic heterocycles. The Bertz CT molecular complexity index is 537. The van der Waals surface area contributed by atoms with Crippen LogP contribution in [0.5, 0.6) is 5.75 Å². The number of benzene rings is 1. The Labute approximate surface area is 130 Å². The lowest BCUT2D eigenvalue weighted by Crippen LogP contribution is -2.11. The monoisotopic (exact) mass is 284 g/mol. The van der Waals surface area contributed by atoms with E-state index in [1.54, 1.807) is 7.11 Å². The molecule has 2 atom stereocenters. The topological polar surface area (TPSA) is 9.23 Å². The second-order valence-electron chi connectivity index (χ2n) is 5.66. The van der Waals surface area contributed by atoms with Crippen LogP contribution in [0, 0.1) is 11.8 Å². The average Bonchev–Trinajstić information content (AvgIpc) is 2.50. The van der Waals surface area contributed by atoms with Crippen LogP contribution < -0.4 is 4.74 Å². The Morgan fingerprint density at radius 1 is 1.29 bits per heavy atom. The van der Waals surface area contributed by atoms with E-state index in [4.69, 9.17) is 4.74 Å². The third-order valence-electron chi connectivity index (χ3n) is 4.31. The summed E-state index contributed by atoms with van der Waals surface area (Å²) < 4.78 is 5.42. The number of aryl methyl sites for hydroxylation is 1. The second kappa shape index (κ2) is 7.87. The van der Waals surface area contributed by atoms with Gasteiger partial charge in [0.1, 0.15) is 5.75 Å². The Kier molecular flexibility index (Phi) is 6.48. The summed E-state index contributed by atoms with van der Waals surface area (Å²) in [6.45, 7) is 16.7. The van der Waals surface area contributed by atoms with Crippen molar-refractivity contribution in [1.29, 1.82) is 0 Å². The first-order valence-electron chi connectivity index (χ1n) is 7.61. The molecule has 0 aliphatic rings. The molecule has 0 fully saturated rings. The van der Waals surface area contributed by atoms with Gasteiger partial charge in [-0.3, -0.25) is 0 Å². The zero-order valence-corrected chi connectivity index (χ0v) is 14.1. The van der Waals surface area contributed by atoms with E-state index in [1.165, 1.54) is 22.3 Å². The van der Waals surface area contributed by atoms with Gasteiger partial charge < -0.3 is 4.74 Å². The first-order chi connectivity index (χ1) is 9.96. The molecule has 1 heteroatoms. The van der Waals surface area contributed by atoms with Crippen molar-refractivity contribution < 1.29 is 4.74 Å². The van der Waals surface area contributed by atoms with Crippen LogP contribution in [0.4, 0.5) is 0 Å². The molecule has 0 radical (unpaired) electrons. The maximum absolute atomic E-state index is 5.42. The summed E-state index contributed by atoms with van der Waals surface area (Å²) in [6.07, 6.45) is 4.95. The van der Waals surface area contributed by atoms with Crippen molar-refractivity contribution >= 4 is 5.57 Å². The van der Waals surface area contributed by atoms with Crippen molar-refractivity contribution in [3.05, 3.63) is 60.2 Å². The zero-order valence-electron chi connectivity index (χ0n) is 14.1. The Morgan fingerprint density at radius 3 is 2.43 bits per heavy atom. The average molecular weight is 284 g/mol. The van der Waals surface area contributed by atoms with Crippen LogP contribution in [0.2, 0.25) is 0 Å². The van der Waals surface area contributed by atoms with Crippen molar-refractivity contribution in [2.45, 2.75) is 34.1 Å². The molecule has 1 rings (SSSR count). The highest BCUT2D eigenvalue weighted by atomic mass is 16.5. The number of rotatable bonds is 7. The van der Waals surface area contributed by atoms with Crippen LogP contribution in [0.3, 0.4) is 0 Å². The highest BCUT2D eigenvalue weighted by Gasteiger charge is 2.19. The molecule has 1 aromatic rings. The summed E-state index contributed by atoms with van der Waals surface area (Å²) in [5, 5.41) is 0. The number of methoxy groups -OCH3 is 1. The fourth-order valence-corrected chi connectivity index (χ4v) is 2.57. The van der Waals surface area contributed by atoms with Crippen LogP contribution in [-0.4, -0.2) is 7.11 Å². The van der Waals surface area contributed by atoms with E-state index >= 15 is 0 Å². The molecule has 0 heterocycles. The number of hydrogen-bond acceptors (Lipinski definition) is 1. The maximum atomic E-state index is 5.42. The van der Waals surface area contributed by atoms with Gasteiger partial charge in [0.2, 0.25) is 0 Å². The van der Waals surface area contributed by atoms with Gasteiger partial charge in [-0.1, -0.05) is 57.7 Å². The number of hydrogen-bond donors (Lipinski definition) is 0. The van der Waals surface area contributed by atoms with Crippen molar-refractivity contribution in [1.82, 2.24) is 0 Å². The van der Waals surface area contributed by atoms with Crippen LogP contribution in [-0.2, 0) is 6.42 Å². The maximum Gasteiger partial charge on any atom is 0.122 e. The van der Waals surface area contributed by atoms with Gasteiger partial charge >= 0.3 is 0 Å². The third-order valence-corrected chi connectivity index (χ3v) is 4.31. The van der Waals surface area contributed by atoms with Crippen LogP contribution >= 0.6 is 0 Å². The normalized spacial score (nSPS) is 14.4. The first-order valence-corrected chi connectivity index (χ1v) is 7.61.